The number of phenolic OH excluding ortho intramolecular Hbond substituents is 2. The van der Waals surface area contributed by atoms with Crippen molar-refractivity contribution in [2.75, 3.05) is 0 Å². The first-order valence-electron chi connectivity index (χ1n) is 30.1. The first kappa shape index (κ1) is 64.1. The Bertz CT molecular complexity index is 4070. The van der Waals surface area contributed by atoms with Crippen molar-refractivity contribution in [2.45, 2.75) is 38.0 Å². The highest BCUT2D eigenvalue weighted by atomic mass is 32.1. The van der Waals surface area contributed by atoms with E-state index >= 15 is 0 Å². The highest BCUT2D eigenvalue weighted by Gasteiger charge is 2.79. The quantitative estimate of drug-likeness (QED) is 0.0653. The summed E-state index contributed by atoms with van der Waals surface area (Å²) in [5, 5.41) is 24.0. The second-order valence-corrected chi connectivity index (χ2v) is 50.1. The molecule has 3 saturated heterocycles. The maximum Gasteiger partial charge on any atom is 0.588 e. The first-order valence-corrected chi connectivity index (χ1v) is 47.6. The van der Waals surface area contributed by atoms with Crippen molar-refractivity contribution in [2.24, 2.45) is 0 Å². The van der Waals surface area contributed by atoms with E-state index in [0.717, 1.165) is 11.1 Å². The minimum Gasteiger partial charge on any atom is -0.508 e. The zero-order valence-corrected chi connectivity index (χ0v) is 60.2. The molecule has 3 aliphatic rings. The molecule has 4 bridgehead atoms. The Hall–Kier alpha value is -6.62. The Morgan fingerprint density at radius 2 is 0.598 bits per heavy atom. The number of rotatable bonds is 16. The third-order valence-corrected chi connectivity index (χ3v) is 53.5. The second-order valence-electron chi connectivity index (χ2n) is 22.7. The summed E-state index contributed by atoms with van der Waals surface area (Å²) in [6.07, 6.45) is 0.652. The third-order valence-electron chi connectivity index (χ3n) is 15.9. The lowest BCUT2D eigenvalue weighted by Gasteiger charge is -2.56. The number of aryl methyl sites for hydroxylation is 2. The fraction of sp³-hybridized carbons (Fsp3) is 0.0909. The summed E-state index contributed by atoms with van der Waals surface area (Å²) >= 11 is 3.68. The van der Waals surface area contributed by atoms with E-state index in [4.69, 9.17) is 53.6 Å². The summed E-state index contributed by atoms with van der Waals surface area (Å²) in [5.41, 5.74) is 1.69. The van der Waals surface area contributed by atoms with E-state index in [1.165, 1.54) is 0 Å². The molecule has 3 aliphatic heterocycles. The van der Waals surface area contributed by atoms with E-state index in [9.17, 15) is 15.0 Å². The minimum atomic E-state index is -5.41. The standard InChI is InChI=1S/C66H66O16SSi9/c1-84(53-51-55-43-47-57(67)48-44-55)72-86(69,60-29-13-4-14-30-60)76-91(65-39-23-9-24-40-65)79-88(71-83,62-33-17-6-18-34-62)73-85(2,54-52-56-45-49-58(68)50-46-56)75-90(64-37-21-8-22-38-64)78-87(61-31-15-5-16-32-61,70-59-27-11-3-12-28-59)77-89(74-84,63-35-19-7-20-36-63)80-92(81-90,82-91)66-41-25-10-26-42-66/h3-50,67-69,83H,51-54H2,1-2H3/p+1. The highest BCUT2D eigenvalue weighted by Crippen LogP contribution is 2.44. The smallest absolute Gasteiger partial charge is 0.508 e. The molecule has 9 unspecified atom stereocenters. The van der Waals surface area contributed by atoms with Crippen LogP contribution in [0.4, 0.5) is 0 Å². The molecule has 26 heteroatoms. The highest BCUT2D eigenvalue weighted by molar-refractivity contribution is 7.55. The summed E-state index contributed by atoms with van der Waals surface area (Å²) < 4.78 is 106. The largest absolute Gasteiger partial charge is 0.588 e. The van der Waals surface area contributed by atoms with Crippen LogP contribution in [-0.4, -0.2) is 93.8 Å². The van der Waals surface area contributed by atoms with Crippen LogP contribution in [0.5, 0.6) is 17.2 Å². The summed E-state index contributed by atoms with van der Waals surface area (Å²) in [7, 11) is -45.1. The van der Waals surface area contributed by atoms with E-state index in [1.807, 2.05) is 256 Å². The molecule has 0 spiro atoms. The molecule has 0 amide bonds. The molecule has 0 aliphatic carbocycles. The fourth-order valence-electron chi connectivity index (χ4n) is 11.4. The van der Waals surface area contributed by atoms with E-state index in [2.05, 4.69) is 12.9 Å². The molecule has 0 radical (unpaired) electrons. The summed E-state index contributed by atoms with van der Waals surface area (Å²) in [4.78, 5) is 14.8. The Balaban J connectivity index is 1.23. The van der Waals surface area contributed by atoms with Gasteiger partial charge in [-0.05, 0) is 85.5 Å². The molecule has 3 N–H and O–H groups in total. The predicted octanol–water partition coefficient (Wildman–Crippen LogP) is 7.19. The van der Waals surface area contributed by atoms with Crippen LogP contribution in [0, 0.1) is 0 Å². The fourth-order valence-corrected chi connectivity index (χ4v) is 58.0. The zero-order valence-electron chi connectivity index (χ0n) is 50.2. The third kappa shape index (κ3) is 13.4. The SMILES string of the molecule is C[Si]1(CCc2ccc(O)cc2)O[Si](O)(c2ccccc2)O[Si]2(c3ccccc3)O[Si](O[SH2+])(c3ccccc3)O[Si](C)(CCc3ccc(O)cc3)O[Si]3(c4ccccc4)O[Si](Oc4ccccc4)(c4ccccc4)O[Si](c4ccccc4)(O1)O[Si](c1ccccc1)(O3)O2. The van der Waals surface area contributed by atoms with Gasteiger partial charge in [0, 0.05) is 36.3 Å². The van der Waals surface area contributed by atoms with Gasteiger partial charge < -0.3 is 64.7 Å². The minimum absolute atomic E-state index is 0.0958. The van der Waals surface area contributed by atoms with Crippen LogP contribution in [0.3, 0.4) is 0 Å². The number of hydrogen-bond acceptors (Lipinski definition) is 16. The summed E-state index contributed by atoms with van der Waals surface area (Å²) in [6, 6.07) is 88.7. The molecule has 16 nitrogen and oxygen atoms in total. The van der Waals surface area contributed by atoms with Crippen molar-refractivity contribution < 1.29 is 68.6 Å². The van der Waals surface area contributed by atoms with Crippen LogP contribution in [0.1, 0.15) is 11.1 Å². The molecule has 3 fully saturated rings. The molecule has 0 aromatic heterocycles. The average Bonchev–Trinajstić information content (AvgIpc) is 0.696. The molecule has 10 aromatic carbocycles. The monoisotopic (exact) mass is 1400 g/mol. The van der Waals surface area contributed by atoms with Crippen LogP contribution in [0.2, 0.25) is 25.2 Å². The van der Waals surface area contributed by atoms with Crippen molar-refractivity contribution >= 4 is 128 Å². The van der Waals surface area contributed by atoms with E-state index in [0.29, 0.717) is 49.7 Å². The number of aromatic hydroxyl groups is 2. The molecule has 0 saturated carbocycles. The van der Waals surface area contributed by atoms with Gasteiger partial charge in [0.2, 0.25) is 0 Å². The van der Waals surface area contributed by atoms with E-state index in [1.54, 1.807) is 48.5 Å². The number of fused-ring (bicyclic) bond motifs is 3. The molecule has 13 rings (SSSR count). The van der Waals surface area contributed by atoms with Crippen LogP contribution >= 0.6 is 0 Å². The van der Waals surface area contributed by atoms with Crippen LogP contribution < -0.4 is 40.7 Å². The topological polar surface area (TPSA) is 181 Å². The van der Waals surface area contributed by atoms with Crippen molar-refractivity contribution in [3.8, 4) is 17.2 Å². The van der Waals surface area contributed by atoms with Gasteiger partial charge in [0.05, 0.1) is 0 Å². The Morgan fingerprint density at radius 3 is 0.967 bits per heavy atom. The molecule has 468 valence electrons. The molecule has 10 aromatic rings. The second kappa shape index (κ2) is 26.6. The maximum atomic E-state index is 14.8. The first-order chi connectivity index (χ1) is 44.6. The van der Waals surface area contributed by atoms with Gasteiger partial charge in [0.25, 0.3) is 0 Å². The lowest BCUT2D eigenvalue weighted by molar-refractivity contribution is 0.0633. The number of phenols is 2. The Morgan fingerprint density at radius 1 is 0.304 bits per heavy atom. The molecular formula is C66H67O16SSi9+. The Labute approximate surface area is 550 Å². The average molecular weight is 1400 g/mol. The van der Waals surface area contributed by atoms with Gasteiger partial charge in [-0.15, -0.1) is 0 Å². The van der Waals surface area contributed by atoms with Crippen molar-refractivity contribution in [1.29, 1.82) is 0 Å². The number of hydrogen-bond donors (Lipinski definition) is 3. The van der Waals surface area contributed by atoms with Gasteiger partial charge in [-0.25, -0.2) is 0 Å². The van der Waals surface area contributed by atoms with Gasteiger partial charge >= 0.3 is 78.8 Å². The molecule has 3 heterocycles. The summed E-state index contributed by atoms with van der Waals surface area (Å²) in [6.45, 7) is 3.81. The molecule has 9 atom stereocenters. The van der Waals surface area contributed by atoms with Gasteiger partial charge in [-0.2, -0.15) is 3.87 Å². The van der Waals surface area contributed by atoms with Gasteiger partial charge in [0.15, 0.2) is 0 Å². The summed E-state index contributed by atoms with van der Waals surface area (Å²) in [5.74, 6) is 0.574. The van der Waals surface area contributed by atoms with Crippen molar-refractivity contribution in [3.63, 3.8) is 0 Å². The van der Waals surface area contributed by atoms with Gasteiger partial charge in [-0.1, -0.05) is 255 Å². The molecular weight excluding hydrogens is 1330 g/mol. The Kier molecular flexibility index (Phi) is 18.6. The lowest BCUT2D eigenvalue weighted by atomic mass is 10.2. The van der Waals surface area contributed by atoms with Crippen LogP contribution in [0.15, 0.2) is 291 Å². The lowest BCUT2D eigenvalue weighted by Crippen LogP contribution is -2.88. The maximum absolute atomic E-state index is 14.8. The van der Waals surface area contributed by atoms with Crippen LogP contribution in [-0.2, 0) is 74.9 Å². The number of benzene rings is 10. The number of para-hydroxylation sites is 1. The zero-order chi connectivity index (χ0) is 63.4. The van der Waals surface area contributed by atoms with Gasteiger partial charge in [0.1, 0.15) is 30.2 Å². The van der Waals surface area contributed by atoms with Crippen molar-refractivity contribution in [3.05, 3.63) is 302 Å². The van der Waals surface area contributed by atoms with Crippen LogP contribution in [0.25, 0.3) is 0 Å². The van der Waals surface area contributed by atoms with Gasteiger partial charge in [-0.3, -0.25) is 0 Å². The van der Waals surface area contributed by atoms with E-state index < -0.39 is 78.8 Å². The normalized spacial score (nSPS) is 29.1. The molecule has 92 heavy (non-hydrogen) atoms. The van der Waals surface area contributed by atoms with Crippen molar-refractivity contribution in [1.82, 2.24) is 0 Å². The predicted molar refractivity (Wildman–Crippen MR) is 372 cm³/mol. The van der Waals surface area contributed by atoms with E-state index in [-0.39, 0.29) is 28.8 Å².